The first-order valence-electron chi connectivity index (χ1n) is 26.6. The minimum Gasteiger partial charge on any atom is -0.324 e. The summed E-state index contributed by atoms with van der Waals surface area (Å²) in [6.45, 7) is 36.8. The minimum absolute atomic E-state index is 0.773. The van der Waals surface area contributed by atoms with Crippen molar-refractivity contribution < 1.29 is 0 Å². The monoisotopic (exact) mass is 1040 g/mol. The van der Waals surface area contributed by atoms with Crippen LogP contribution in [0.15, 0.2) is 366 Å². The number of hydrogen-bond donors (Lipinski definition) is 0. The lowest BCUT2D eigenvalue weighted by Gasteiger charge is -2.26. The van der Waals surface area contributed by atoms with Gasteiger partial charge in [-0.1, -0.05) is 198 Å². The number of nitrogens with zero attached hydrogens (tertiary/aromatic N) is 4. The Kier molecular flexibility index (Phi) is 23.0. The average Bonchev–Trinajstić information content (AvgIpc) is 3.49. The molecule has 0 N–H and O–H groups in total. The van der Waals surface area contributed by atoms with E-state index in [2.05, 4.69) is 264 Å². The Bertz CT molecular complexity index is 3470. The van der Waals surface area contributed by atoms with Crippen LogP contribution in [0.1, 0.15) is 30.5 Å². The summed E-state index contributed by atoms with van der Waals surface area (Å²) in [5, 5.41) is 0. The molecule has 0 aliphatic rings. The smallest absolute Gasteiger partial charge is 0.0462 e. The molecule has 0 aromatic heterocycles. The summed E-state index contributed by atoms with van der Waals surface area (Å²) in [5.41, 5.74) is 17.5. The number of aryl methyl sites for hydroxylation is 2. The van der Waals surface area contributed by atoms with Crippen molar-refractivity contribution in [1.82, 2.24) is 0 Å². The Morgan fingerprint density at radius 1 is 0.425 bits per heavy atom. The second-order valence-corrected chi connectivity index (χ2v) is 18.5. The van der Waals surface area contributed by atoms with Crippen LogP contribution in [0.5, 0.6) is 0 Å². The maximum absolute atomic E-state index is 4.40. The van der Waals surface area contributed by atoms with Crippen molar-refractivity contribution in [2.24, 2.45) is 0 Å². The van der Waals surface area contributed by atoms with E-state index in [0.29, 0.717) is 0 Å². The first-order valence-corrected chi connectivity index (χ1v) is 26.6. The Hall–Kier alpha value is -10.2. The topological polar surface area (TPSA) is 13.0 Å². The molecule has 0 amide bonds. The SMILES string of the molecule is C=C/C=C\C(=C)N(/C=C/C=C(C=C)/C(C=C)=C/C=C/N(C(/C=C/C)=C/C=C)c1cccc(C)c1)c1ccc(-c2ccc(N(c3ccccc3)c3ccc(/C(C=C)=C/C=C/N(/C=C/C(C)=C\C=C)c4cccc(C)c4)cc3)cc2)cc1. The lowest BCUT2D eigenvalue weighted by Crippen LogP contribution is -2.14. The molecule has 0 radical (unpaired) electrons. The molecule has 6 aromatic rings. The highest BCUT2D eigenvalue weighted by molar-refractivity contribution is 5.81. The van der Waals surface area contributed by atoms with Crippen molar-refractivity contribution in [2.45, 2.75) is 27.7 Å². The third-order valence-corrected chi connectivity index (χ3v) is 12.7. The summed E-state index contributed by atoms with van der Waals surface area (Å²) in [6.07, 6.45) is 45.3. The normalized spacial score (nSPS) is 12.7. The van der Waals surface area contributed by atoms with Crippen LogP contribution in [-0.4, -0.2) is 0 Å². The molecule has 0 aliphatic heterocycles. The van der Waals surface area contributed by atoms with E-state index in [4.69, 9.17) is 0 Å². The van der Waals surface area contributed by atoms with Gasteiger partial charge in [-0.05, 0) is 193 Å². The van der Waals surface area contributed by atoms with Crippen molar-refractivity contribution in [1.29, 1.82) is 0 Å². The number of benzene rings is 6. The molecule has 0 heterocycles. The van der Waals surface area contributed by atoms with Gasteiger partial charge in [-0.3, -0.25) is 0 Å². The van der Waals surface area contributed by atoms with Crippen molar-refractivity contribution in [3.05, 3.63) is 383 Å². The van der Waals surface area contributed by atoms with Gasteiger partial charge in [-0.15, -0.1) is 0 Å². The van der Waals surface area contributed by atoms with Crippen molar-refractivity contribution in [3.8, 4) is 11.1 Å². The highest BCUT2D eigenvalue weighted by atomic mass is 15.1. The molecular formula is C76H74N4. The fourth-order valence-electron chi connectivity index (χ4n) is 8.66. The van der Waals surface area contributed by atoms with Crippen LogP contribution < -0.4 is 19.6 Å². The van der Waals surface area contributed by atoms with Crippen LogP contribution in [-0.2, 0) is 0 Å². The summed E-state index contributed by atoms with van der Waals surface area (Å²) < 4.78 is 0. The summed E-state index contributed by atoms with van der Waals surface area (Å²) >= 11 is 0. The first kappa shape index (κ1) is 59.1. The maximum Gasteiger partial charge on any atom is 0.0462 e. The van der Waals surface area contributed by atoms with Crippen LogP contribution in [0.2, 0.25) is 0 Å². The molecular weight excluding hydrogens is 969 g/mol. The quantitative estimate of drug-likeness (QED) is 0.0477. The van der Waals surface area contributed by atoms with Gasteiger partial charge in [0, 0.05) is 70.3 Å². The molecule has 6 rings (SSSR count). The minimum atomic E-state index is 0.773. The third kappa shape index (κ3) is 16.9. The van der Waals surface area contributed by atoms with Gasteiger partial charge in [-0.2, -0.15) is 0 Å². The molecule has 0 bridgehead atoms. The van der Waals surface area contributed by atoms with Gasteiger partial charge in [0.1, 0.15) is 0 Å². The number of hydrogen-bond acceptors (Lipinski definition) is 4. The Labute approximate surface area is 478 Å². The zero-order valence-electron chi connectivity index (χ0n) is 47.0. The van der Waals surface area contributed by atoms with Crippen LogP contribution in [0.25, 0.3) is 16.7 Å². The van der Waals surface area contributed by atoms with Gasteiger partial charge in [0.25, 0.3) is 0 Å². The highest BCUT2D eigenvalue weighted by Crippen LogP contribution is 2.37. The third-order valence-electron chi connectivity index (χ3n) is 12.7. The predicted molar refractivity (Wildman–Crippen MR) is 353 cm³/mol. The van der Waals surface area contributed by atoms with E-state index in [1.807, 2.05) is 103 Å². The molecule has 0 aliphatic carbocycles. The van der Waals surface area contributed by atoms with Gasteiger partial charge >= 0.3 is 0 Å². The van der Waals surface area contributed by atoms with E-state index in [1.54, 1.807) is 18.2 Å². The highest BCUT2D eigenvalue weighted by Gasteiger charge is 2.14. The van der Waals surface area contributed by atoms with Gasteiger partial charge in [0.05, 0.1) is 0 Å². The van der Waals surface area contributed by atoms with E-state index >= 15 is 0 Å². The molecule has 0 spiro atoms. The van der Waals surface area contributed by atoms with E-state index in [9.17, 15) is 0 Å². The Balaban J connectivity index is 1.23. The molecule has 0 atom stereocenters. The van der Waals surface area contributed by atoms with E-state index in [1.165, 1.54) is 11.1 Å². The van der Waals surface area contributed by atoms with Gasteiger partial charge in [0.15, 0.2) is 0 Å². The van der Waals surface area contributed by atoms with Crippen molar-refractivity contribution in [2.75, 3.05) is 19.6 Å². The van der Waals surface area contributed by atoms with Crippen LogP contribution in [0.4, 0.5) is 34.1 Å². The maximum atomic E-state index is 4.40. The van der Waals surface area contributed by atoms with E-state index < -0.39 is 0 Å². The zero-order chi connectivity index (χ0) is 57.1. The Morgan fingerprint density at radius 3 is 1.50 bits per heavy atom. The molecule has 0 fully saturated rings. The van der Waals surface area contributed by atoms with E-state index in [0.717, 1.165) is 84.5 Å². The van der Waals surface area contributed by atoms with Gasteiger partial charge in [-0.25, -0.2) is 0 Å². The van der Waals surface area contributed by atoms with Crippen LogP contribution >= 0.6 is 0 Å². The standard InChI is InChI=1S/C76H74N4/c1-12-19-33-63(11)78(55-26-35-64(16-5)65(17-6)36-27-56-79(70(29-14-3)30-15-4)76-40-24-32-62(10)59-76)71-47-41-68(42-48-71)69-45-51-74(52-46-69)80(72-37-21-20-22-38-72)73-49-43-67(44-50-73)66(18-7)34-25-54-77(57-53-60(8)28-13-2)75-39-23-31-61(9)58-75/h12-59H,1-3,5-7,11H2,4,8-10H3/b30-15+,33-19-,54-25+,55-26+,56-27+,57-53+,60-28-,64-35+,65-36+,66-34+,70-29+. The average molecular weight is 1040 g/mol. The lowest BCUT2D eigenvalue weighted by atomic mass is 10.0. The van der Waals surface area contributed by atoms with E-state index in [-0.39, 0.29) is 0 Å². The lowest BCUT2D eigenvalue weighted by molar-refractivity contribution is 1.19. The predicted octanol–water partition coefficient (Wildman–Crippen LogP) is 21.1. The summed E-state index contributed by atoms with van der Waals surface area (Å²) in [5.74, 6) is 0. The molecule has 80 heavy (non-hydrogen) atoms. The van der Waals surface area contributed by atoms with Gasteiger partial charge < -0.3 is 19.6 Å². The summed E-state index contributed by atoms with van der Waals surface area (Å²) in [6, 6.07) is 53.2. The van der Waals surface area contributed by atoms with Crippen molar-refractivity contribution >= 4 is 39.7 Å². The van der Waals surface area contributed by atoms with Crippen molar-refractivity contribution in [3.63, 3.8) is 0 Å². The molecule has 6 aromatic carbocycles. The largest absolute Gasteiger partial charge is 0.324 e. The second kappa shape index (κ2) is 31.2. The number of para-hydroxylation sites is 1. The molecule has 0 saturated heterocycles. The molecule has 0 unspecified atom stereocenters. The molecule has 398 valence electrons. The molecule has 4 heteroatoms. The summed E-state index contributed by atoms with van der Waals surface area (Å²) in [7, 11) is 0. The molecule has 0 saturated carbocycles. The van der Waals surface area contributed by atoms with Gasteiger partial charge in [0.2, 0.25) is 0 Å². The number of rotatable bonds is 27. The van der Waals surface area contributed by atoms with Crippen LogP contribution in [0, 0.1) is 13.8 Å². The number of anilines is 6. The first-order chi connectivity index (χ1) is 39.0. The number of allylic oxidation sites excluding steroid dienone is 23. The molecule has 4 nitrogen and oxygen atoms in total. The summed E-state index contributed by atoms with van der Waals surface area (Å²) in [4.78, 5) is 8.57. The second-order valence-electron chi connectivity index (χ2n) is 18.5. The van der Waals surface area contributed by atoms with Crippen LogP contribution in [0.3, 0.4) is 0 Å². The fraction of sp³-hybridized carbons (Fsp3) is 0.0526. The Morgan fingerprint density at radius 2 is 0.950 bits per heavy atom. The zero-order valence-corrected chi connectivity index (χ0v) is 47.0. The fourth-order valence-corrected chi connectivity index (χ4v) is 8.66.